The Bertz CT molecular complexity index is 472. The standard InChI is InChI=1S/C13H18F3N3O2.ClH/c1-2-4-10(17)11(20)18-7-8-21-12-9(13(14,15)16)5-3-6-19-12;/h3,5-6,10H,2,4,7-8,17H2,1H3,(H,18,20);1H. The summed E-state index contributed by atoms with van der Waals surface area (Å²) >= 11 is 0. The van der Waals surface area contributed by atoms with Crippen LogP contribution in [0.25, 0.3) is 0 Å². The molecular weight excluding hydrogens is 323 g/mol. The van der Waals surface area contributed by atoms with Crippen LogP contribution in [0, 0.1) is 0 Å². The highest BCUT2D eigenvalue weighted by atomic mass is 35.5. The number of carbonyl (C=O) groups excluding carboxylic acids is 1. The van der Waals surface area contributed by atoms with Gasteiger partial charge >= 0.3 is 6.18 Å². The number of alkyl halides is 3. The van der Waals surface area contributed by atoms with Gasteiger partial charge in [0.15, 0.2) is 0 Å². The van der Waals surface area contributed by atoms with E-state index in [1.807, 2.05) is 6.92 Å². The summed E-state index contributed by atoms with van der Waals surface area (Å²) in [6.07, 6.45) is -2.00. The van der Waals surface area contributed by atoms with E-state index in [2.05, 4.69) is 10.3 Å². The zero-order valence-corrected chi connectivity index (χ0v) is 12.8. The first-order valence-corrected chi connectivity index (χ1v) is 6.54. The van der Waals surface area contributed by atoms with E-state index in [0.29, 0.717) is 6.42 Å². The van der Waals surface area contributed by atoms with Crippen LogP contribution in [0.2, 0.25) is 0 Å². The van der Waals surface area contributed by atoms with Gasteiger partial charge in [-0.2, -0.15) is 13.2 Å². The molecule has 5 nitrogen and oxygen atoms in total. The van der Waals surface area contributed by atoms with Crippen LogP contribution in [0.1, 0.15) is 25.3 Å². The molecule has 1 aromatic rings. The van der Waals surface area contributed by atoms with Gasteiger partial charge in [0.2, 0.25) is 11.8 Å². The highest BCUT2D eigenvalue weighted by molar-refractivity contribution is 5.85. The second-order valence-corrected chi connectivity index (χ2v) is 4.39. The van der Waals surface area contributed by atoms with Gasteiger partial charge in [0, 0.05) is 6.20 Å². The lowest BCUT2D eigenvalue weighted by molar-refractivity contribution is -0.139. The van der Waals surface area contributed by atoms with E-state index in [4.69, 9.17) is 10.5 Å². The van der Waals surface area contributed by atoms with Crippen molar-refractivity contribution in [1.82, 2.24) is 10.3 Å². The Labute approximate surface area is 132 Å². The van der Waals surface area contributed by atoms with Crippen molar-refractivity contribution in [2.24, 2.45) is 5.73 Å². The van der Waals surface area contributed by atoms with Crippen molar-refractivity contribution < 1.29 is 22.7 Å². The third-order valence-electron chi connectivity index (χ3n) is 2.65. The highest BCUT2D eigenvalue weighted by Crippen LogP contribution is 2.34. The van der Waals surface area contributed by atoms with E-state index < -0.39 is 23.7 Å². The highest BCUT2D eigenvalue weighted by Gasteiger charge is 2.34. The number of nitrogens with zero attached hydrogens (tertiary/aromatic N) is 1. The van der Waals surface area contributed by atoms with Gasteiger partial charge in [0.05, 0.1) is 12.6 Å². The van der Waals surface area contributed by atoms with Crippen molar-refractivity contribution in [1.29, 1.82) is 0 Å². The summed E-state index contributed by atoms with van der Waals surface area (Å²) in [7, 11) is 0. The van der Waals surface area contributed by atoms with Crippen LogP contribution in [-0.2, 0) is 11.0 Å². The maximum absolute atomic E-state index is 12.7. The smallest absolute Gasteiger partial charge is 0.421 e. The number of hydrogen-bond donors (Lipinski definition) is 2. The first-order chi connectivity index (χ1) is 9.86. The number of ether oxygens (including phenoxy) is 1. The van der Waals surface area contributed by atoms with Gasteiger partial charge in [-0.1, -0.05) is 13.3 Å². The summed E-state index contributed by atoms with van der Waals surface area (Å²) in [4.78, 5) is 15.0. The Kier molecular flexibility index (Phi) is 8.81. The first-order valence-electron chi connectivity index (χ1n) is 6.54. The zero-order valence-electron chi connectivity index (χ0n) is 12.0. The Morgan fingerprint density at radius 2 is 2.18 bits per heavy atom. The number of nitrogens with one attached hydrogen (secondary N) is 1. The van der Waals surface area contributed by atoms with Gasteiger partial charge < -0.3 is 15.8 Å². The third kappa shape index (κ3) is 6.48. The Morgan fingerprint density at radius 3 is 2.77 bits per heavy atom. The second kappa shape index (κ2) is 9.47. The maximum Gasteiger partial charge on any atom is 0.421 e. The molecule has 22 heavy (non-hydrogen) atoms. The topological polar surface area (TPSA) is 77.2 Å². The minimum absolute atomic E-state index is 0. The fraction of sp³-hybridized carbons (Fsp3) is 0.538. The summed E-state index contributed by atoms with van der Waals surface area (Å²) in [6.45, 7) is 1.84. The number of pyridine rings is 1. The average molecular weight is 342 g/mol. The number of hydrogen-bond acceptors (Lipinski definition) is 4. The Morgan fingerprint density at radius 1 is 1.50 bits per heavy atom. The molecule has 0 saturated carbocycles. The summed E-state index contributed by atoms with van der Waals surface area (Å²) in [6, 6.07) is 1.45. The quantitative estimate of drug-likeness (QED) is 0.745. The molecule has 0 aromatic carbocycles. The van der Waals surface area contributed by atoms with Crippen molar-refractivity contribution >= 4 is 18.3 Å². The zero-order chi connectivity index (χ0) is 15.9. The van der Waals surface area contributed by atoms with Crippen LogP contribution in [0.15, 0.2) is 18.3 Å². The van der Waals surface area contributed by atoms with Crippen LogP contribution in [-0.4, -0.2) is 30.1 Å². The monoisotopic (exact) mass is 341 g/mol. The second-order valence-electron chi connectivity index (χ2n) is 4.39. The lowest BCUT2D eigenvalue weighted by Crippen LogP contribution is -2.41. The molecule has 0 bridgehead atoms. The van der Waals surface area contributed by atoms with Crippen molar-refractivity contribution in [2.75, 3.05) is 13.2 Å². The fourth-order valence-electron chi connectivity index (χ4n) is 1.62. The minimum Gasteiger partial charge on any atom is -0.475 e. The number of aromatic nitrogens is 1. The van der Waals surface area contributed by atoms with Crippen LogP contribution in [0.5, 0.6) is 5.88 Å². The fourth-order valence-corrected chi connectivity index (χ4v) is 1.62. The molecule has 0 fully saturated rings. The van der Waals surface area contributed by atoms with E-state index in [1.54, 1.807) is 0 Å². The molecule has 0 saturated heterocycles. The first kappa shape index (κ1) is 20.5. The number of carbonyl (C=O) groups is 1. The predicted octanol–water partition coefficient (Wildman–Crippen LogP) is 2.14. The lowest BCUT2D eigenvalue weighted by Gasteiger charge is -2.14. The molecule has 3 N–H and O–H groups in total. The van der Waals surface area contributed by atoms with E-state index >= 15 is 0 Å². The number of nitrogens with two attached hydrogens (primary N) is 1. The van der Waals surface area contributed by atoms with Crippen LogP contribution < -0.4 is 15.8 Å². The summed E-state index contributed by atoms with van der Waals surface area (Å²) in [5.41, 5.74) is 4.64. The molecular formula is C13H19ClF3N3O2. The average Bonchev–Trinajstić information content (AvgIpc) is 2.43. The molecule has 0 spiro atoms. The van der Waals surface area contributed by atoms with Gasteiger partial charge in [-0.25, -0.2) is 4.98 Å². The van der Waals surface area contributed by atoms with Crippen LogP contribution >= 0.6 is 12.4 Å². The molecule has 0 aliphatic rings. The molecule has 1 heterocycles. The summed E-state index contributed by atoms with van der Waals surface area (Å²) in [5.74, 6) is -0.852. The minimum atomic E-state index is -4.53. The van der Waals surface area contributed by atoms with Crippen LogP contribution in [0.3, 0.4) is 0 Å². The van der Waals surface area contributed by atoms with E-state index in [-0.39, 0.29) is 31.5 Å². The molecule has 0 radical (unpaired) electrons. The molecule has 0 aliphatic carbocycles. The number of halogens is 4. The molecule has 1 amide bonds. The van der Waals surface area contributed by atoms with Crippen molar-refractivity contribution in [3.63, 3.8) is 0 Å². The normalized spacial score (nSPS) is 12.2. The Balaban J connectivity index is 0.00000441. The molecule has 1 unspecified atom stereocenters. The van der Waals surface area contributed by atoms with E-state index in [1.165, 1.54) is 12.3 Å². The number of amides is 1. The Hall–Kier alpha value is -1.54. The van der Waals surface area contributed by atoms with E-state index in [0.717, 1.165) is 12.5 Å². The lowest BCUT2D eigenvalue weighted by atomic mass is 10.2. The van der Waals surface area contributed by atoms with Crippen molar-refractivity contribution in [3.8, 4) is 5.88 Å². The predicted molar refractivity (Wildman–Crippen MR) is 77.9 cm³/mol. The van der Waals surface area contributed by atoms with Gasteiger partial charge in [0.25, 0.3) is 0 Å². The van der Waals surface area contributed by atoms with Crippen molar-refractivity contribution in [2.45, 2.75) is 32.0 Å². The molecule has 126 valence electrons. The van der Waals surface area contributed by atoms with Crippen molar-refractivity contribution in [3.05, 3.63) is 23.9 Å². The van der Waals surface area contributed by atoms with Crippen LogP contribution in [0.4, 0.5) is 13.2 Å². The van der Waals surface area contributed by atoms with Gasteiger partial charge in [-0.15, -0.1) is 12.4 Å². The third-order valence-corrected chi connectivity index (χ3v) is 2.65. The molecule has 1 atom stereocenters. The molecule has 1 aromatic heterocycles. The van der Waals surface area contributed by atoms with Gasteiger partial charge in [0.1, 0.15) is 12.2 Å². The van der Waals surface area contributed by atoms with Gasteiger partial charge in [-0.3, -0.25) is 4.79 Å². The molecule has 1 rings (SSSR count). The maximum atomic E-state index is 12.7. The summed E-state index contributed by atoms with van der Waals surface area (Å²) in [5, 5.41) is 2.50. The molecule has 9 heteroatoms. The SMILES string of the molecule is CCCC(N)C(=O)NCCOc1ncccc1C(F)(F)F.Cl. The van der Waals surface area contributed by atoms with E-state index in [9.17, 15) is 18.0 Å². The van der Waals surface area contributed by atoms with Gasteiger partial charge in [-0.05, 0) is 18.6 Å². The largest absolute Gasteiger partial charge is 0.475 e. The number of rotatable bonds is 7. The summed E-state index contributed by atoms with van der Waals surface area (Å²) < 4.78 is 43.0. The molecule has 0 aliphatic heterocycles.